The molecule has 1 aromatic rings. The van der Waals surface area contributed by atoms with Crippen LogP contribution in [0.2, 0.25) is 0 Å². The van der Waals surface area contributed by atoms with Gasteiger partial charge in [-0.3, -0.25) is 9.69 Å². The zero-order chi connectivity index (χ0) is 16.4. The van der Waals surface area contributed by atoms with Crippen LogP contribution in [0, 0.1) is 11.8 Å². The number of methoxy groups -OCH3 is 1. The standard InChI is InChI=1S/C17H27N3O3/c1-12-8-13(2)10-20(9-12)17(21)16-18-14-11-19(6-7-22-3)5-4-15(14)23-16/h12-13H,4-11H2,1-3H3/t12-,13-/m1/s1. The summed E-state index contributed by atoms with van der Waals surface area (Å²) in [7, 11) is 1.71. The number of ether oxygens (including phenoxy) is 1. The molecule has 0 saturated carbocycles. The van der Waals surface area contributed by atoms with Gasteiger partial charge in [0.15, 0.2) is 0 Å². The Labute approximate surface area is 137 Å². The maximum absolute atomic E-state index is 12.7. The van der Waals surface area contributed by atoms with Gasteiger partial charge in [-0.05, 0) is 18.3 Å². The fourth-order valence-corrected chi connectivity index (χ4v) is 3.72. The molecule has 0 spiro atoms. The Kier molecular flexibility index (Phi) is 5.02. The summed E-state index contributed by atoms with van der Waals surface area (Å²) in [4.78, 5) is 21.4. The molecular formula is C17H27N3O3. The maximum Gasteiger partial charge on any atom is 0.309 e. The summed E-state index contributed by atoms with van der Waals surface area (Å²) < 4.78 is 10.9. The molecule has 3 rings (SSSR count). The normalized spacial score (nSPS) is 25.4. The number of likely N-dealkylation sites (tertiary alicyclic amines) is 1. The Morgan fingerprint density at radius 2 is 2.09 bits per heavy atom. The Balaban J connectivity index is 1.68. The number of carbonyl (C=O) groups excluding carboxylic acids is 1. The third-order valence-electron chi connectivity index (χ3n) is 4.76. The molecule has 1 aromatic heterocycles. The van der Waals surface area contributed by atoms with Crippen LogP contribution in [0.15, 0.2) is 4.42 Å². The van der Waals surface area contributed by atoms with Gasteiger partial charge in [-0.2, -0.15) is 0 Å². The quantitative estimate of drug-likeness (QED) is 0.846. The van der Waals surface area contributed by atoms with Crippen LogP contribution in [0.3, 0.4) is 0 Å². The molecule has 6 heteroatoms. The molecule has 6 nitrogen and oxygen atoms in total. The lowest BCUT2D eigenvalue weighted by molar-refractivity contribution is 0.0581. The number of fused-ring (bicyclic) bond motifs is 1. The largest absolute Gasteiger partial charge is 0.437 e. The first-order valence-electron chi connectivity index (χ1n) is 8.56. The monoisotopic (exact) mass is 321 g/mol. The van der Waals surface area contributed by atoms with E-state index < -0.39 is 0 Å². The van der Waals surface area contributed by atoms with E-state index in [2.05, 4.69) is 23.7 Å². The third kappa shape index (κ3) is 3.75. The van der Waals surface area contributed by atoms with Crippen molar-refractivity contribution >= 4 is 5.91 Å². The summed E-state index contributed by atoms with van der Waals surface area (Å²) in [5.74, 6) is 2.17. The van der Waals surface area contributed by atoms with E-state index in [0.717, 1.165) is 50.6 Å². The summed E-state index contributed by atoms with van der Waals surface area (Å²) in [5, 5.41) is 0. The first-order chi connectivity index (χ1) is 11.1. The van der Waals surface area contributed by atoms with Gasteiger partial charge in [0.25, 0.3) is 5.89 Å². The van der Waals surface area contributed by atoms with Crippen molar-refractivity contribution in [3.8, 4) is 0 Å². The Morgan fingerprint density at radius 3 is 2.78 bits per heavy atom. The first-order valence-corrected chi connectivity index (χ1v) is 8.56. The second-order valence-corrected chi connectivity index (χ2v) is 7.06. The molecule has 0 bridgehead atoms. The molecule has 3 heterocycles. The lowest BCUT2D eigenvalue weighted by atomic mass is 9.92. The number of hydrogen-bond donors (Lipinski definition) is 0. The minimum atomic E-state index is -0.0544. The number of carbonyl (C=O) groups is 1. The van der Waals surface area contributed by atoms with E-state index in [1.807, 2.05) is 4.90 Å². The molecular weight excluding hydrogens is 294 g/mol. The summed E-state index contributed by atoms with van der Waals surface area (Å²) in [6.45, 7) is 9.26. The summed E-state index contributed by atoms with van der Waals surface area (Å²) in [5.41, 5.74) is 0.911. The third-order valence-corrected chi connectivity index (χ3v) is 4.76. The van der Waals surface area contributed by atoms with E-state index in [1.165, 1.54) is 6.42 Å². The molecule has 23 heavy (non-hydrogen) atoms. The van der Waals surface area contributed by atoms with E-state index in [1.54, 1.807) is 7.11 Å². The van der Waals surface area contributed by atoms with Crippen LogP contribution in [0.25, 0.3) is 0 Å². The van der Waals surface area contributed by atoms with Crippen LogP contribution in [0.1, 0.15) is 42.4 Å². The van der Waals surface area contributed by atoms with Gasteiger partial charge in [0.1, 0.15) is 5.76 Å². The SMILES string of the molecule is COCCN1CCc2oc(C(=O)N3C[C@H](C)C[C@@H](C)C3)nc2C1. The average molecular weight is 321 g/mol. The van der Waals surface area contributed by atoms with Crippen molar-refractivity contribution in [2.24, 2.45) is 11.8 Å². The van der Waals surface area contributed by atoms with Crippen LogP contribution in [-0.4, -0.2) is 60.6 Å². The van der Waals surface area contributed by atoms with Crippen molar-refractivity contribution in [1.82, 2.24) is 14.8 Å². The zero-order valence-electron chi connectivity index (χ0n) is 14.4. The molecule has 1 amide bonds. The molecule has 0 unspecified atom stereocenters. The highest BCUT2D eigenvalue weighted by molar-refractivity contribution is 5.89. The van der Waals surface area contributed by atoms with Crippen LogP contribution in [0.5, 0.6) is 0 Å². The molecule has 2 aliphatic heterocycles. The maximum atomic E-state index is 12.7. The predicted octanol–water partition coefficient (Wildman–Crippen LogP) is 1.80. The van der Waals surface area contributed by atoms with Crippen molar-refractivity contribution in [2.75, 3.05) is 39.9 Å². The van der Waals surface area contributed by atoms with Crippen molar-refractivity contribution in [1.29, 1.82) is 0 Å². The van der Waals surface area contributed by atoms with Gasteiger partial charge in [0.2, 0.25) is 0 Å². The van der Waals surface area contributed by atoms with Crippen molar-refractivity contribution in [2.45, 2.75) is 33.2 Å². The smallest absolute Gasteiger partial charge is 0.309 e. The van der Waals surface area contributed by atoms with Crippen LogP contribution in [0.4, 0.5) is 0 Å². The highest BCUT2D eigenvalue weighted by Crippen LogP contribution is 2.24. The second kappa shape index (κ2) is 7.01. The highest BCUT2D eigenvalue weighted by Gasteiger charge is 2.31. The fourth-order valence-electron chi connectivity index (χ4n) is 3.72. The topological polar surface area (TPSA) is 58.8 Å². The van der Waals surface area contributed by atoms with Crippen molar-refractivity contribution < 1.29 is 13.9 Å². The van der Waals surface area contributed by atoms with Gasteiger partial charge in [0, 0.05) is 46.3 Å². The molecule has 0 radical (unpaired) electrons. The molecule has 1 saturated heterocycles. The molecule has 0 N–H and O–H groups in total. The van der Waals surface area contributed by atoms with E-state index in [-0.39, 0.29) is 11.8 Å². The summed E-state index contributed by atoms with van der Waals surface area (Å²) in [6, 6.07) is 0. The van der Waals surface area contributed by atoms with Crippen LogP contribution in [-0.2, 0) is 17.7 Å². The van der Waals surface area contributed by atoms with E-state index in [4.69, 9.17) is 9.15 Å². The minimum Gasteiger partial charge on any atom is -0.437 e. The van der Waals surface area contributed by atoms with Gasteiger partial charge in [-0.1, -0.05) is 13.8 Å². The first kappa shape index (κ1) is 16.5. The van der Waals surface area contributed by atoms with Crippen LogP contribution >= 0.6 is 0 Å². The number of oxazole rings is 1. The predicted molar refractivity (Wildman–Crippen MR) is 86.2 cm³/mol. The second-order valence-electron chi connectivity index (χ2n) is 7.06. The lowest BCUT2D eigenvalue weighted by Gasteiger charge is -2.34. The molecule has 1 fully saturated rings. The molecule has 2 aliphatic rings. The highest BCUT2D eigenvalue weighted by atomic mass is 16.5. The molecule has 128 valence electrons. The lowest BCUT2D eigenvalue weighted by Crippen LogP contribution is -2.42. The number of rotatable bonds is 4. The fraction of sp³-hybridized carbons (Fsp3) is 0.765. The Bertz CT molecular complexity index is 547. The summed E-state index contributed by atoms with van der Waals surface area (Å²) >= 11 is 0. The molecule has 0 aromatic carbocycles. The Morgan fingerprint density at radius 1 is 1.35 bits per heavy atom. The Hall–Kier alpha value is -1.40. The van der Waals surface area contributed by atoms with Gasteiger partial charge in [-0.25, -0.2) is 4.98 Å². The van der Waals surface area contributed by atoms with Crippen molar-refractivity contribution in [3.63, 3.8) is 0 Å². The zero-order valence-corrected chi connectivity index (χ0v) is 14.4. The van der Waals surface area contributed by atoms with E-state index in [9.17, 15) is 4.79 Å². The van der Waals surface area contributed by atoms with Crippen molar-refractivity contribution in [3.05, 3.63) is 17.3 Å². The molecule has 0 aliphatic carbocycles. The van der Waals surface area contributed by atoms with Gasteiger partial charge >= 0.3 is 5.91 Å². The van der Waals surface area contributed by atoms with Gasteiger partial charge in [-0.15, -0.1) is 0 Å². The number of piperidine rings is 1. The van der Waals surface area contributed by atoms with Gasteiger partial charge < -0.3 is 14.1 Å². The van der Waals surface area contributed by atoms with Gasteiger partial charge in [0.05, 0.1) is 12.3 Å². The number of amides is 1. The average Bonchev–Trinajstić information content (AvgIpc) is 2.94. The molecule has 2 atom stereocenters. The number of nitrogens with zero attached hydrogens (tertiary/aromatic N) is 3. The number of aromatic nitrogens is 1. The van der Waals surface area contributed by atoms with Crippen LogP contribution < -0.4 is 0 Å². The van der Waals surface area contributed by atoms with E-state index in [0.29, 0.717) is 18.4 Å². The van der Waals surface area contributed by atoms with E-state index >= 15 is 0 Å². The summed E-state index contributed by atoms with van der Waals surface area (Å²) in [6.07, 6.45) is 1.99. The number of hydrogen-bond acceptors (Lipinski definition) is 5. The minimum absolute atomic E-state index is 0.0544.